The molecule has 1 saturated heterocycles. The lowest BCUT2D eigenvalue weighted by atomic mass is 9.98. The summed E-state index contributed by atoms with van der Waals surface area (Å²) in [6.07, 6.45) is 7.91. The molecule has 1 aliphatic heterocycles. The summed E-state index contributed by atoms with van der Waals surface area (Å²) in [6.45, 7) is 2.25. The smallest absolute Gasteiger partial charge is 0.224 e. The summed E-state index contributed by atoms with van der Waals surface area (Å²) in [7, 11) is 0. The highest BCUT2D eigenvalue weighted by Crippen LogP contribution is 2.28. The van der Waals surface area contributed by atoms with E-state index < -0.39 is 0 Å². The molecule has 6 nitrogen and oxygen atoms in total. The van der Waals surface area contributed by atoms with E-state index >= 15 is 0 Å². The molecule has 2 aromatic heterocycles. The van der Waals surface area contributed by atoms with Crippen molar-refractivity contribution in [2.24, 2.45) is 0 Å². The largest absolute Gasteiger partial charge is 0.342 e. The Morgan fingerprint density at radius 2 is 2.40 bits per heavy atom. The maximum absolute atomic E-state index is 12.3. The topological polar surface area (TPSA) is 63.9 Å². The Balaban J connectivity index is 1.55. The number of rotatable bonds is 4. The maximum atomic E-state index is 12.3. The Bertz CT molecular complexity index is 539. The fraction of sp³-hybridized carbons (Fsp3) is 0.538. The average Bonchev–Trinajstić information content (AvgIpc) is 3.18. The predicted octanol–water partition coefficient (Wildman–Crippen LogP) is 1.53. The molecule has 1 unspecified atom stereocenters. The van der Waals surface area contributed by atoms with Crippen LogP contribution in [0.1, 0.15) is 30.2 Å². The minimum Gasteiger partial charge on any atom is -0.342 e. The molecule has 0 aliphatic carbocycles. The van der Waals surface area contributed by atoms with Crippen LogP contribution in [0.15, 0.2) is 24.0 Å². The molecule has 3 rings (SSSR count). The second-order valence-electron chi connectivity index (χ2n) is 4.97. The number of hydrogen-bond acceptors (Lipinski definition) is 5. The molecule has 0 aromatic carbocycles. The van der Waals surface area contributed by atoms with Gasteiger partial charge in [0.1, 0.15) is 0 Å². The molecule has 0 bridgehead atoms. The fourth-order valence-corrected chi connectivity index (χ4v) is 3.33. The van der Waals surface area contributed by atoms with E-state index in [1.807, 2.05) is 16.5 Å². The number of hydrogen-bond donors (Lipinski definition) is 0. The number of aromatic nitrogens is 4. The van der Waals surface area contributed by atoms with Crippen LogP contribution >= 0.6 is 11.3 Å². The van der Waals surface area contributed by atoms with E-state index in [-0.39, 0.29) is 5.91 Å². The lowest BCUT2D eigenvalue weighted by Gasteiger charge is -2.31. The Labute approximate surface area is 121 Å². The van der Waals surface area contributed by atoms with Crippen LogP contribution in [-0.2, 0) is 11.3 Å². The summed E-state index contributed by atoms with van der Waals surface area (Å²) in [5.41, 5.74) is 0. The van der Waals surface area contributed by atoms with Crippen LogP contribution in [0.5, 0.6) is 0 Å². The minimum atomic E-state index is 0.196. The monoisotopic (exact) mass is 291 g/mol. The first-order valence-electron chi connectivity index (χ1n) is 6.84. The van der Waals surface area contributed by atoms with Gasteiger partial charge in [0.15, 0.2) is 0 Å². The van der Waals surface area contributed by atoms with Gasteiger partial charge in [0.2, 0.25) is 5.91 Å². The van der Waals surface area contributed by atoms with E-state index in [4.69, 9.17) is 0 Å². The van der Waals surface area contributed by atoms with Crippen molar-refractivity contribution in [2.45, 2.75) is 31.7 Å². The van der Waals surface area contributed by atoms with Crippen LogP contribution in [0.4, 0.5) is 0 Å². The molecule has 106 valence electrons. The molecular weight excluding hydrogens is 274 g/mol. The van der Waals surface area contributed by atoms with E-state index in [0.29, 0.717) is 18.9 Å². The summed E-state index contributed by atoms with van der Waals surface area (Å²) in [5.74, 6) is 0.598. The van der Waals surface area contributed by atoms with Crippen LogP contribution in [-0.4, -0.2) is 43.9 Å². The third-order valence-electron chi connectivity index (χ3n) is 3.60. The highest BCUT2D eigenvalue weighted by molar-refractivity contribution is 7.09. The van der Waals surface area contributed by atoms with Crippen molar-refractivity contribution < 1.29 is 4.79 Å². The lowest BCUT2D eigenvalue weighted by Crippen LogP contribution is -2.39. The van der Waals surface area contributed by atoms with Crippen LogP contribution in [0.25, 0.3) is 0 Å². The van der Waals surface area contributed by atoms with Gasteiger partial charge in [0.05, 0.1) is 17.7 Å². The first kappa shape index (κ1) is 13.2. The summed E-state index contributed by atoms with van der Waals surface area (Å²) in [5, 5.41) is 10.8. The van der Waals surface area contributed by atoms with Crippen LogP contribution < -0.4 is 0 Å². The van der Waals surface area contributed by atoms with Gasteiger partial charge in [0.25, 0.3) is 0 Å². The molecule has 1 aliphatic rings. The molecule has 2 aromatic rings. The number of aryl methyl sites for hydroxylation is 1. The van der Waals surface area contributed by atoms with Gasteiger partial charge in [-0.05, 0) is 12.8 Å². The molecule has 0 spiro atoms. The number of thiazole rings is 1. The molecule has 3 heterocycles. The Hall–Kier alpha value is -1.76. The van der Waals surface area contributed by atoms with Gasteiger partial charge >= 0.3 is 0 Å². The standard InChI is InChI=1S/C13H17N5OS/c19-12(3-7-18-8-4-15-16-18)17-6-1-2-11(10-17)13-14-5-9-20-13/h4-5,8-9,11H,1-3,6-7,10H2. The zero-order valence-corrected chi connectivity index (χ0v) is 12.0. The van der Waals surface area contributed by atoms with Crippen LogP contribution in [0, 0.1) is 0 Å². The normalized spacial score (nSPS) is 19.2. The van der Waals surface area contributed by atoms with Crippen molar-refractivity contribution in [1.82, 2.24) is 24.9 Å². The van der Waals surface area contributed by atoms with Gasteiger partial charge in [-0.2, -0.15) is 0 Å². The Kier molecular flexibility index (Phi) is 4.05. The summed E-state index contributed by atoms with van der Waals surface area (Å²) in [6, 6.07) is 0. The van der Waals surface area contributed by atoms with Crippen molar-refractivity contribution >= 4 is 17.2 Å². The molecule has 0 N–H and O–H groups in total. The SMILES string of the molecule is O=C(CCn1ccnn1)N1CCCC(c2nccs2)C1. The molecular formula is C13H17N5OS. The highest BCUT2D eigenvalue weighted by atomic mass is 32.1. The van der Waals surface area contributed by atoms with Crippen molar-refractivity contribution in [1.29, 1.82) is 0 Å². The first-order chi connectivity index (χ1) is 9.83. The third kappa shape index (κ3) is 3.04. The highest BCUT2D eigenvalue weighted by Gasteiger charge is 2.25. The Morgan fingerprint density at radius 3 is 3.15 bits per heavy atom. The van der Waals surface area contributed by atoms with Crippen molar-refractivity contribution in [2.75, 3.05) is 13.1 Å². The van der Waals surface area contributed by atoms with E-state index in [1.165, 1.54) is 0 Å². The maximum Gasteiger partial charge on any atom is 0.224 e. The van der Waals surface area contributed by atoms with Gasteiger partial charge in [-0.3, -0.25) is 9.48 Å². The molecule has 1 fully saturated rings. The van der Waals surface area contributed by atoms with Crippen molar-refractivity contribution in [3.05, 3.63) is 29.0 Å². The van der Waals surface area contributed by atoms with Gasteiger partial charge in [-0.15, -0.1) is 16.4 Å². The molecule has 1 atom stereocenters. The average molecular weight is 291 g/mol. The fourth-order valence-electron chi connectivity index (χ4n) is 2.56. The summed E-state index contributed by atoms with van der Waals surface area (Å²) < 4.78 is 1.69. The lowest BCUT2D eigenvalue weighted by molar-refractivity contribution is -0.132. The van der Waals surface area contributed by atoms with E-state index in [2.05, 4.69) is 15.3 Å². The number of piperidine rings is 1. The molecule has 0 radical (unpaired) electrons. The summed E-state index contributed by atoms with van der Waals surface area (Å²) in [4.78, 5) is 18.6. The van der Waals surface area contributed by atoms with Gasteiger partial charge < -0.3 is 4.90 Å². The quantitative estimate of drug-likeness (QED) is 0.857. The molecule has 1 amide bonds. The van der Waals surface area contributed by atoms with Crippen LogP contribution in [0.2, 0.25) is 0 Å². The zero-order valence-electron chi connectivity index (χ0n) is 11.2. The number of carbonyl (C=O) groups is 1. The van der Waals surface area contributed by atoms with Gasteiger partial charge in [0, 0.05) is 43.2 Å². The number of amides is 1. The third-order valence-corrected chi connectivity index (χ3v) is 4.54. The van der Waals surface area contributed by atoms with Crippen LogP contribution in [0.3, 0.4) is 0 Å². The Morgan fingerprint density at radius 1 is 1.45 bits per heavy atom. The van der Waals surface area contributed by atoms with Gasteiger partial charge in [-0.25, -0.2) is 4.98 Å². The number of carbonyl (C=O) groups excluding carboxylic acids is 1. The second kappa shape index (κ2) is 6.13. The van der Waals surface area contributed by atoms with E-state index in [1.54, 1.807) is 28.4 Å². The van der Waals surface area contributed by atoms with E-state index in [9.17, 15) is 4.79 Å². The van der Waals surface area contributed by atoms with Gasteiger partial charge in [-0.1, -0.05) is 5.21 Å². The van der Waals surface area contributed by atoms with Crippen molar-refractivity contribution in [3.63, 3.8) is 0 Å². The number of nitrogens with zero attached hydrogens (tertiary/aromatic N) is 5. The van der Waals surface area contributed by atoms with E-state index in [0.717, 1.165) is 30.9 Å². The number of likely N-dealkylation sites (tertiary alicyclic amines) is 1. The summed E-state index contributed by atoms with van der Waals surface area (Å²) >= 11 is 1.68. The minimum absolute atomic E-state index is 0.196. The molecule has 7 heteroatoms. The zero-order chi connectivity index (χ0) is 13.8. The molecule has 20 heavy (non-hydrogen) atoms. The predicted molar refractivity (Wildman–Crippen MR) is 75.3 cm³/mol. The molecule has 0 saturated carbocycles. The second-order valence-corrected chi connectivity index (χ2v) is 5.89. The first-order valence-corrected chi connectivity index (χ1v) is 7.72. The van der Waals surface area contributed by atoms with Crippen molar-refractivity contribution in [3.8, 4) is 0 Å².